The standard InChI is InChI=1S/C12H14N2O3/c13-9-12(3-6-16-7-4-12)11(15)14-8-10-2-1-5-17-10/h1-2,5H,3-4,6-8H2,(H,14,15). The highest BCUT2D eigenvalue weighted by Gasteiger charge is 2.40. The number of carbonyl (C=O) groups excluding carboxylic acids is 1. The maximum atomic E-state index is 12.0. The van der Waals surface area contributed by atoms with Gasteiger partial charge in [-0.3, -0.25) is 4.79 Å². The number of ether oxygens (including phenoxy) is 1. The molecule has 17 heavy (non-hydrogen) atoms. The molecule has 1 N–H and O–H groups in total. The molecule has 90 valence electrons. The number of hydrogen-bond donors (Lipinski definition) is 1. The molecule has 0 bridgehead atoms. The highest BCUT2D eigenvalue weighted by Crippen LogP contribution is 2.29. The number of hydrogen-bond acceptors (Lipinski definition) is 4. The zero-order valence-corrected chi connectivity index (χ0v) is 9.44. The van der Waals surface area contributed by atoms with Crippen molar-refractivity contribution in [3.05, 3.63) is 24.2 Å². The second kappa shape index (κ2) is 5.02. The Bertz CT molecular complexity index is 413. The SMILES string of the molecule is N#CC1(C(=O)NCc2ccco2)CCOCC1. The molecule has 1 aliphatic heterocycles. The first-order chi connectivity index (χ1) is 8.27. The third-order valence-corrected chi connectivity index (χ3v) is 3.00. The fourth-order valence-corrected chi connectivity index (χ4v) is 1.86. The molecule has 1 aromatic heterocycles. The lowest BCUT2D eigenvalue weighted by molar-refractivity contribution is -0.132. The van der Waals surface area contributed by atoms with E-state index in [0.717, 1.165) is 0 Å². The molecule has 2 heterocycles. The number of rotatable bonds is 3. The van der Waals surface area contributed by atoms with Crippen molar-refractivity contribution in [3.8, 4) is 6.07 Å². The number of nitriles is 1. The maximum absolute atomic E-state index is 12.0. The summed E-state index contributed by atoms with van der Waals surface area (Å²) >= 11 is 0. The van der Waals surface area contributed by atoms with Gasteiger partial charge in [0.2, 0.25) is 5.91 Å². The van der Waals surface area contributed by atoms with Gasteiger partial charge in [0.1, 0.15) is 11.2 Å². The first kappa shape index (κ1) is 11.7. The van der Waals surface area contributed by atoms with E-state index in [9.17, 15) is 10.1 Å². The van der Waals surface area contributed by atoms with Crippen molar-refractivity contribution in [3.63, 3.8) is 0 Å². The number of amides is 1. The van der Waals surface area contributed by atoms with Gasteiger partial charge >= 0.3 is 0 Å². The second-order valence-electron chi connectivity index (χ2n) is 4.07. The minimum absolute atomic E-state index is 0.236. The van der Waals surface area contributed by atoms with Crippen LogP contribution in [0.1, 0.15) is 18.6 Å². The zero-order valence-electron chi connectivity index (χ0n) is 9.44. The van der Waals surface area contributed by atoms with Crippen LogP contribution >= 0.6 is 0 Å². The summed E-state index contributed by atoms with van der Waals surface area (Å²) in [4.78, 5) is 12.0. The number of nitrogens with one attached hydrogen (secondary N) is 1. The van der Waals surface area contributed by atoms with Crippen LogP contribution in [0.2, 0.25) is 0 Å². The monoisotopic (exact) mass is 234 g/mol. The Morgan fingerprint density at radius 2 is 2.29 bits per heavy atom. The van der Waals surface area contributed by atoms with Crippen LogP contribution in [0.25, 0.3) is 0 Å². The van der Waals surface area contributed by atoms with Crippen LogP contribution in [-0.2, 0) is 16.1 Å². The molecular weight excluding hydrogens is 220 g/mol. The van der Waals surface area contributed by atoms with E-state index in [4.69, 9.17) is 9.15 Å². The molecule has 0 unspecified atom stereocenters. The molecule has 1 aliphatic rings. The van der Waals surface area contributed by atoms with Crippen LogP contribution in [0.3, 0.4) is 0 Å². The summed E-state index contributed by atoms with van der Waals surface area (Å²) in [5.74, 6) is 0.443. The predicted octanol–water partition coefficient (Wildman–Crippen LogP) is 1.22. The molecule has 2 rings (SSSR count). The minimum Gasteiger partial charge on any atom is -0.467 e. The van der Waals surface area contributed by atoms with Crippen LogP contribution in [0.5, 0.6) is 0 Å². The van der Waals surface area contributed by atoms with Gasteiger partial charge in [-0.25, -0.2) is 0 Å². The lowest BCUT2D eigenvalue weighted by Gasteiger charge is -2.28. The third-order valence-electron chi connectivity index (χ3n) is 3.00. The molecule has 1 saturated heterocycles. The van der Waals surface area contributed by atoms with Crippen LogP contribution < -0.4 is 5.32 Å². The topological polar surface area (TPSA) is 75.3 Å². The number of furan rings is 1. The van der Waals surface area contributed by atoms with Crippen molar-refractivity contribution in [2.24, 2.45) is 5.41 Å². The molecule has 5 heteroatoms. The molecule has 0 aliphatic carbocycles. The van der Waals surface area contributed by atoms with E-state index < -0.39 is 5.41 Å². The number of carbonyl (C=O) groups is 1. The Morgan fingerprint density at radius 3 is 2.88 bits per heavy atom. The van der Waals surface area contributed by atoms with Crippen molar-refractivity contribution < 1.29 is 13.9 Å². The summed E-state index contributed by atoms with van der Waals surface area (Å²) in [6, 6.07) is 5.67. The zero-order chi connectivity index (χ0) is 12.1. The lowest BCUT2D eigenvalue weighted by Crippen LogP contribution is -2.43. The summed E-state index contributed by atoms with van der Waals surface area (Å²) in [6.45, 7) is 1.24. The van der Waals surface area contributed by atoms with Gasteiger partial charge in [0.15, 0.2) is 0 Å². The maximum Gasteiger partial charge on any atom is 0.241 e. The van der Waals surface area contributed by atoms with Gasteiger partial charge in [-0.15, -0.1) is 0 Å². The Morgan fingerprint density at radius 1 is 1.53 bits per heavy atom. The average Bonchev–Trinajstić information content (AvgIpc) is 2.90. The van der Waals surface area contributed by atoms with Gasteiger partial charge in [0.25, 0.3) is 0 Å². The molecule has 0 saturated carbocycles. The number of nitrogens with zero attached hydrogens (tertiary/aromatic N) is 1. The van der Waals surface area contributed by atoms with Crippen LogP contribution in [-0.4, -0.2) is 19.1 Å². The van der Waals surface area contributed by atoms with Gasteiger partial charge in [0, 0.05) is 13.2 Å². The van der Waals surface area contributed by atoms with E-state index in [0.29, 0.717) is 38.4 Å². The molecule has 0 atom stereocenters. The summed E-state index contributed by atoms with van der Waals surface area (Å²) in [6.07, 6.45) is 2.46. The molecular formula is C12H14N2O3. The summed E-state index contributed by atoms with van der Waals surface area (Å²) < 4.78 is 10.3. The Labute approximate surface area is 99.4 Å². The summed E-state index contributed by atoms with van der Waals surface area (Å²) in [5.41, 5.74) is -0.940. The van der Waals surface area contributed by atoms with Crippen molar-refractivity contribution in [2.45, 2.75) is 19.4 Å². The van der Waals surface area contributed by atoms with Gasteiger partial charge < -0.3 is 14.5 Å². The Kier molecular flexibility index (Phi) is 3.45. The van der Waals surface area contributed by atoms with E-state index in [1.54, 1.807) is 18.4 Å². The van der Waals surface area contributed by atoms with Gasteiger partial charge in [0.05, 0.1) is 18.9 Å². The quantitative estimate of drug-likeness (QED) is 0.853. The van der Waals surface area contributed by atoms with Crippen molar-refractivity contribution in [1.29, 1.82) is 5.26 Å². The van der Waals surface area contributed by atoms with E-state index in [2.05, 4.69) is 11.4 Å². The van der Waals surface area contributed by atoms with Gasteiger partial charge in [-0.2, -0.15) is 5.26 Å². The summed E-state index contributed by atoms with van der Waals surface area (Å²) in [5, 5.41) is 11.9. The molecule has 5 nitrogen and oxygen atoms in total. The highest BCUT2D eigenvalue weighted by molar-refractivity contribution is 5.85. The molecule has 1 amide bonds. The third kappa shape index (κ3) is 2.48. The molecule has 0 spiro atoms. The minimum atomic E-state index is -0.940. The summed E-state index contributed by atoms with van der Waals surface area (Å²) in [7, 11) is 0. The first-order valence-corrected chi connectivity index (χ1v) is 5.56. The Balaban J connectivity index is 1.96. The van der Waals surface area contributed by atoms with E-state index in [1.165, 1.54) is 0 Å². The normalized spacial score (nSPS) is 18.3. The highest BCUT2D eigenvalue weighted by atomic mass is 16.5. The van der Waals surface area contributed by atoms with Gasteiger partial charge in [-0.05, 0) is 25.0 Å². The Hall–Kier alpha value is -1.80. The fourth-order valence-electron chi connectivity index (χ4n) is 1.86. The van der Waals surface area contributed by atoms with Crippen LogP contribution in [0.4, 0.5) is 0 Å². The van der Waals surface area contributed by atoms with Crippen molar-refractivity contribution in [2.75, 3.05) is 13.2 Å². The largest absolute Gasteiger partial charge is 0.467 e. The fraction of sp³-hybridized carbons (Fsp3) is 0.500. The molecule has 0 aromatic carbocycles. The van der Waals surface area contributed by atoms with Crippen LogP contribution in [0, 0.1) is 16.7 Å². The average molecular weight is 234 g/mol. The molecule has 1 aromatic rings. The molecule has 1 fully saturated rings. The first-order valence-electron chi connectivity index (χ1n) is 5.56. The molecule has 0 radical (unpaired) electrons. The van der Waals surface area contributed by atoms with E-state index >= 15 is 0 Å². The van der Waals surface area contributed by atoms with Crippen molar-refractivity contribution >= 4 is 5.91 Å². The van der Waals surface area contributed by atoms with Gasteiger partial charge in [-0.1, -0.05) is 0 Å². The lowest BCUT2D eigenvalue weighted by atomic mass is 9.81. The second-order valence-corrected chi connectivity index (χ2v) is 4.07. The van der Waals surface area contributed by atoms with E-state index in [-0.39, 0.29) is 5.91 Å². The van der Waals surface area contributed by atoms with Crippen molar-refractivity contribution in [1.82, 2.24) is 5.32 Å². The van der Waals surface area contributed by atoms with E-state index in [1.807, 2.05) is 0 Å². The smallest absolute Gasteiger partial charge is 0.241 e. The predicted molar refractivity (Wildman–Crippen MR) is 58.7 cm³/mol. The van der Waals surface area contributed by atoms with Crippen LogP contribution in [0.15, 0.2) is 22.8 Å².